The zero-order chi connectivity index (χ0) is 19.6. The van der Waals surface area contributed by atoms with Gasteiger partial charge in [-0.25, -0.2) is 9.48 Å². The molecule has 3 rings (SSSR count). The fourth-order valence-corrected chi connectivity index (χ4v) is 3.59. The van der Waals surface area contributed by atoms with Crippen LogP contribution in [0.1, 0.15) is 39.3 Å². The van der Waals surface area contributed by atoms with Gasteiger partial charge in [0.05, 0.1) is 18.8 Å². The van der Waals surface area contributed by atoms with E-state index in [4.69, 9.17) is 9.47 Å². The van der Waals surface area contributed by atoms with Crippen LogP contribution in [-0.4, -0.2) is 39.7 Å². The molecule has 8 heteroatoms. The van der Waals surface area contributed by atoms with Crippen LogP contribution in [0.2, 0.25) is 0 Å². The molecule has 0 saturated carbocycles. The number of methoxy groups -OCH3 is 1. The number of fused-ring (bicyclic) bond motifs is 1. The molecule has 1 N–H and O–H groups in total. The predicted octanol–water partition coefficient (Wildman–Crippen LogP) is 3.64. The summed E-state index contributed by atoms with van der Waals surface area (Å²) in [5.41, 5.74) is 2.09. The quantitative estimate of drug-likeness (QED) is 0.598. The summed E-state index contributed by atoms with van der Waals surface area (Å²) in [5, 5.41) is 8.45. The van der Waals surface area contributed by atoms with Gasteiger partial charge in [0, 0.05) is 5.70 Å². The third-order valence-electron chi connectivity index (χ3n) is 4.06. The number of anilines is 1. The molecule has 27 heavy (non-hydrogen) atoms. The van der Waals surface area contributed by atoms with E-state index in [1.807, 2.05) is 52.0 Å². The summed E-state index contributed by atoms with van der Waals surface area (Å²) in [6.07, 6.45) is 0.0557. The van der Waals surface area contributed by atoms with Gasteiger partial charge in [0.15, 0.2) is 0 Å². The van der Waals surface area contributed by atoms with Crippen molar-refractivity contribution in [3.05, 3.63) is 41.1 Å². The molecule has 7 nitrogen and oxygen atoms in total. The van der Waals surface area contributed by atoms with Crippen LogP contribution < -0.4 is 10.1 Å². The van der Waals surface area contributed by atoms with Crippen LogP contribution in [0.4, 0.5) is 5.95 Å². The second kappa shape index (κ2) is 8.04. The van der Waals surface area contributed by atoms with E-state index < -0.39 is 12.0 Å². The lowest BCUT2D eigenvalue weighted by Crippen LogP contribution is -2.29. The Kier molecular flexibility index (Phi) is 5.74. The van der Waals surface area contributed by atoms with E-state index in [1.54, 1.807) is 16.4 Å². The van der Waals surface area contributed by atoms with E-state index in [0.717, 1.165) is 17.1 Å². The maximum atomic E-state index is 12.5. The van der Waals surface area contributed by atoms with E-state index >= 15 is 0 Å². The average molecular weight is 388 g/mol. The molecule has 0 radical (unpaired) electrons. The minimum atomic E-state index is -0.442. The van der Waals surface area contributed by atoms with E-state index in [0.29, 0.717) is 22.4 Å². The highest BCUT2D eigenvalue weighted by atomic mass is 32.2. The van der Waals surface area contributed by atoms with E-state index in [2.05, 4.69) is 15.4 Å². The molecule has 0 saturated heterocycles. The highest BCUT2D eigenvalue weighted by molar-refractivity contribution is 7.99. The van der Waals surface area contributed by atoms with Gasteiger partial charge in [0.2, 0.25) is 11.1 Å². The van der Waals surface area contributed by atoms with Crippen molar-refractivity contribution in [3.8, 4) is 5.75 Å². The number of carbonyl (C=O) groups excluding carboxylic acids is 1. The summed E-state index contributed by atoms with van der Waals surface area (Å²) >= 11 is 1.55. The number of ether oxygens (including phenoxy) is 2. The van der Waals surface area contributed by atoms with Crippen molar-refractivity contribution in [3.63, 3.8) is 0 Å². The molecule has 0 fully saturated rings. The van der Waals surface area contributed by atoms with Crippen molar-refractivity contribution in [2.24, 2.45) is 0 Å². The highest BCUT2D eigenvalue weighted by Crippen LogP contribution is 2.37. The van der Waals surface area contributed by atoms with Gasteiger partial charge >= 0.3 is 5.97 Å². The second-order valence-electron chi connectivity index (χ2n) is 6.39. The monoisotopic (exact) mass is 388 g/mol. The second-order valence-corrected chi connectivity index (χ2v) is 7.62. The molecule has 1 aliphatic rings. The number of nitrogens with one attached hydrogen (secondary N) is 1. The number of hydrogen-bond acceptors (Lipinski definition) is 7. The molecule has 0 bridgehead atoms. The van der Waals surface area contributed by atoms with Crippen LogP contribution in [0.25, 0.3) is 0 Å². The summed E-state index contributed by atoms with van der Waals surface area (Å²) in [7, 11) is 1.38. The van der Waals surface area contributed by atoms with Gasteiger partial charge in [-0.1, -0.05) is 30.8 Å². The van der Waals surface area contributed by atoms with Crippen LogP contribution in [0.5, 0.6) is 5.75 Å². The zero-order valence-corrected chi connectivity index (χ0v) is 17.0. The van der Waals surface area contributed by atoms with Crippen molar-refractivity contribution < 1.29 is 14.3 Å². The zero-order valence-electron chi connectivity index (χ0n) is 16.1. The lowest BCUT2D eigenvalue weighted by molar-refractivity contribution is -0.136. The van der Waals surface area contributed by atoms with Crippen LogP contribution in [-0.2, 0) is 9.53 Å². The molecule has 0 aliphatic carbocycles. The summed E-state index contributed by atoms with van der Waals surface area (Å²) in [6.45, 7) is 7.85. The Morgan fingerprint density at radius 2 is 2.19 bits per heavy atom. The van der Waals surface area contributed by atoms with Gasteiger partial charge < -0.3 is 14.8 Å². The Labute approximate surface area is 163 Å². The predicted molar refractivity (Wildman–Crippen MR) is 105 cm³/mol. The number of nitrogens with zero attached hydrogens (tertiary/aromatic N) is 3. The number of esters is 1. The Morgan fingerprint density at radius 1 is 1.41 bits per heavy atom. The van der Waals surface area contributed by atoms with Crippen molar-refractivity contribution in [1.29, 1.82) is 0 Å². The Hall–Kier alpha value is -2.48. The fraction of sp³-hybridized carbons (Fsp3) is 0.421. The van der Waals surface area contributed by atoms with Crippen LogP contribution in [0.3, 0.4) is 0 Å². The lowest BCUT2D eigenvalue weighted by Gasteiger charge is -2.28. The molecule has 2 aromatic rings. The SMILES string of the molecule is CCSc1nc2n(n1)C(c1cccc(OC(C)C)c1)C(C(=O)OC)=C(C)N2. The lowest BCUT2D eigenvalue weighted by atomic mass is 9.95. The largest absolute Gasteiger partial charge is 0.491 e. The Bertz CT molecular complexity index is 876. The van der Waals surface area contributed by atoms with Crippen LogP contribution in [0.15, 0.2) is 40.7 Å². The topological polar surface area (TPSA) is 78.3 Å². The summed E-state index contributed by atoms with van der Waals surface area (Å²) in [6, 6.07) is 7.27. The van der Waals surface area contributed by atoms with Crippen molar-refractivity contribution in [2.45, 2.75) is 45.0 Å². The molecular formula is C19H24N4O3S. The molecular weight excluding hydrogens is 364 g/mol. The minimum Gasteiger partial charge on any atom is -0.491 e. The number of aromatic nitrogens is 3. The number of hydrogen-bond donors (Lipinski definition) is 1. The molecule has 0 spiro atoms. The third-order valence-corrected chi connectivity index (χ3v) is 4.78. The highest BCUT2D eigenvalue weighted by Gasteiger charge is 2.35. The van der Waals surface area contributed by atoms with Crippen molar-refractivity contribution in [1.82, 2.24) is 14.8 Å². The standard InChI is InChI=1S/C19H24N4O3S/c1-6-27-19-21-18-20-12(4)15(17(24)25-5)16(23(18)22-19)13-8-7-9-14(10-13)26-11(2)3/h7-11,16H,6H2,1-5H3,(H,20,21,22). The van der Waals surface area contributed by atoms with E-state index in [-0.39, 0.29) is 6.10 Å². The fourth-order valence-electron chi connectivity index (χ4n) is 3.03. The normalized spacial score (nSPS) is 16.1. The number of carbonyl (C=O) groups is 1. The van der Waals surface area contributed by atoms with Gasteiger partial charge in [-0.3, -0.25) is 0 Å². The molecule has 1 unspecified atom stereocenters. The minimum absolute atomic E-state index is 0.0557. The third kappa shape index (κ3) is 3.95. The van der Waals surface area contributed by atoms with Crippen LogP contribution >= 0.6 is 11.8 Å². The average Bonchev–Trinajstić information content (AvgIpc) is 3.01. The van der Waals surface area contributed by atoms with Crippen LogP contribution in [0, 0.1) is 0 Å². The summed E-state index contributed by atoms with van der Waals surface area (Å²) in [5.74, 6) is 1.82. The first-order valence-corrected chi connectivity index (χ1v) is 9.85. The maximum absolute atomic E-state index is 12.5. The number of allylic oxidation sites excluding steroid dienone is 1. The molecule has 144 valence electrons. The van der Waals surface area contributed by atoms with E-state index in [9.17, 15) is 4.79 Å². The molecule has 2 heterocycles. The first-order chi connectivity index (χ1) is 12.9. The van der Waals surface area contributed by atoms with Gasteiger partial charge in [-0.05, 0) is 44.2 Å². The maximum Gasteiger partial charge on any atom is 0.338 e. The van der Waals surface area contributed by atoms with E-state index in [1.165, 1.54) is 7.11 Å². The van der Waals surface area contributed by atoms with Crippen molar-refractivity contribution in [2.75, 3.05) is 18.2 Å². The Morgan fingerprint density at radius 3 is 2.85 bits per heavy atom. The summed E-state index contributed by atoms with van der Waals surface area (Å²) < 4.78 is 12.6. The first kappa shape index (κ1) is 19.3. The molecule has 1 aromatic heterocycles. The van der Waals surface area contributed by atoms with Crippen molar-refractivity contribution >= 4 is 23.7 Å². The summed E-state index contributed by atoms with van der Waals surface area (Å²) in [4.78, 5) is 17.1. The molecule has 1 aliphatic heterocycles. The smallest absolute Gasteiger partial charge is 0.338 e. The van der Waals surface area contributed by atoms with Gasteiger partial charge in [0.25, 0.3) is 0 Å². The number of benzene rings is 1. The van der Waals surface area contributed by atoms with Gasteiger partial charge in [-0.15, -0.1) is 5.10 Å². The molecule has 0 amide bonds. The Balaban J connectivity index is 2.12. The molecule has 1 atom stereocenters. The first-order valence-electron chi connectivity index (χ1n) is 8.86. The molecule has 1 aromatic carbocycles. The number of rotatable bonds is 6. The number of thioether (sulfide) groups is 1. The van der Waals surface area contributed by atoms with Gasteiger partial charge in [-0.2, -0.15) is 4.98 Å². The van der Waals surface area contributed by atoms with Gasteiger partial charge in [0.1, 0.15) is 11.8 Å².